The molecule has 2 N–H and O–H groups in total. The third-order valence-corrected chi connectivity index (χ3v) is 4.92. The number of hydrogen-bond donors (Lipinski definition) is 2. The highest BCUT2D eigenvalue weighted by molar-refractivity contribution is 6.30. The first-order chi connectivity index (χ1) is 11.0. The second-order valence-corrected chi connectivity index (χ2v) is 6.99. The molecule has 1 unspecified atom stereocenters. The number of carbonyl (C=O) groups is 1. The number of rotatable bonds is 6. The van der Waals surface area contributed by atoms with Crippen LogP contribution in [-0.2, 0) is 14.9 Å². The van der Waals surface area contributed by atoms with E-state index in [0.717, 1.165) is 5.56 Å². The fraction of sp³-hybridized carbons (Fsp3) is 0.611. The second kappa shape index (κ2) is 8.13. The minimum Gasteiger partial charge on any atom is -0.393 e. The number of benzene rings is 1. The van der Waals surface area contributed by atoms with Gasteiger partial charge in [-0.05, 0) is 42.9 Å². The van der Waals surface area contributed by atoms with Crippen molar-refractivity contribution in [1.29, 1.82) is 0 Å². The zero-order valence-electron chi connectivity index (χ0n) is 13.8. The van der Waals surface area contributed by atoms with Crippen LogP contribution in [0.1, 0.15) is 38.7 Å². The molecule has 1 aliphatic rings. The van der Waals surface area contributed by atoms with E-state index in [-0.39, 0.29) is 11.8 Å². The molecule has 0 spiro atoms. The van der Waals surface area contributed by atoms with E-state index in [9.17, 15) is 9.90 Å². The molecular weight excluding hydrogens is 314 g/mol. The van der Waals surface area contributed by atoms with Crippen LogP contribution >= 0.6 is 11.6 Å². The number of carbonyl (C=O) groups excluding carboxylic acids is 1. The van der Waals surface area contributed by atoms with Crippen molar-refractivity contribution in [2.45, 2.75) is 44.6 Å². The second-order valence-electron chi connectivity index (χ2n) is 6.56. The zero-order chi connectivity index (χ0) is 16.9. The molecule has 1 aromatic rings. The van der Waals surface area contributed by atoms with E-state index in [1.54, 1.807) is 0 Å². The Kier molecular flexibility index (Phi) is 6.45. The van der Waals surface area contributed by atoms with E-state index in [1.165, 1.54) is 0 Å². The molecule has 1 heterocycles. The molecule has 1 aliphatic heterocycles. The van der Waals surface area contributed by atoms with Crippen LogP contribution in [0.25, 0.3) is 0 Å². The monoisotopic (exact) mass is 339 g/mol. The van der Waals surface area contributed by atoms with Crippen molar-refractivity contribution in [3.63, 3.8) is 0 Å². The molecule has 2 rings (SSSR count). The molecule has 1 fully saturated rings. The summed E-state index contributed by atoms with van der Waals surface area (Å²) in [4.78, 5) is 12.9. The standard InChI is InChI=1S/C18H26ClNO3/c1-13(2)16(21)7-10-20-17(22)18(8-11-23-12-9-18)14-3-5-15(19)6-4-14/h3-6,13,16,21H,7-12H2,1-2H3,(H,20,22). The van der Waals surface area contributed by atoms with Crippen molar-refractivity contribution in [3.8, 4) is 0 Å². The van der Waals surface area contributed by atoms with E-state index in [0.29, 0.717) is 44.0 Å². The Morgan fingerprint density at radius 3 is 2.48 bits per heavy atom. The Morgan fingerprint density at radius 1 is 1.30 bits per heavy atom. The Balaban J connectivity index is 2.08. The van der Waals surface area contributed by atoms with Crippen LogP contribution < -0.4 is 5.32 Å². The van der Waals surface area contributed by atoms with E-state index in [2.05, 4.69) is 5.32 Å². The largest absolute Gasteiger partial charge is 0.393 e. The highest BCUT2D eigenvalue weighted by Gasteiger charge is 2.41. The Hall–Kier alpha value is -1.10. The normalized spacial score (nSPS) is 18.7. The van der Waals surface area contributed by atoms with Gasteiger partial charge in [0.1, 0.15) is 0 Å². The van der Waals surface area contributed by atoms with Gasteiger partial charge in [-0.3, -0.25) is 4.79 Å². The number of amides is 1. The minimum absolute atomic E-state index is 0.0130. The summed E-state index contributed by atoms with van der Waals surface area (Å²) in [7, 11) is 0. The van der Waals surface area contributed by atoms with E-state index >= 15 is 0 Å². The number of aliphatic hydroxyl groups excluding tert-OH is 1. The van der Waals surface area contributed by atoms with Crippen LogP contribution in [-0.4, -0.2) is 36.9 Å². The van der Waals surface area contributed by atoms with Crippen molar-refractivity contribution >= 4 is 17.5 Å². The summed E-state index contributed by atoms with van der Waals surface area (Å²) in [5.41, 5.74) is 0.415. The van der Waals surface area contributed by atoms with Gasteiger partial charge in [0.05, 0.1) is 11.5 Å². The van der Waals surface area contributed by atoms with Crippen molar-refractivity contribution < 1.29 is 14.6 Å². The molecule has 0 bridgehead atoms. The molecule has 1 saturated heterocycles. The molecule has 128 valence electrons. The van der Waals surface area contributed by atoms with Gasteiger partial charge in [0.2, 0.25) is 5.91 Å². The first-order valence-electron chi connectivity index (χ1n) is 8.26. The first-order valence-corrected chi connectivity index (χ1v) is 8.63. The average molecular weight is 340 g/mol. The Bertz CT molecular complexity index is 510. The van der Waals surface area contributed by atoms with Gasteiger partial charge in [-0.25, -0.2) is 0 Å². The number of aliphatic hydroxyl groups is 1. The van der Waals surface area contributed by atoms with Crippen molar-refractivity contribution in [2.75, 3.05) is 19.8 Å². The SMILES string of the molecule is CC(C)C(O)CCNC(=O)C1(c2ccc(Cl)cc2)CCOCC1. The van der Waals surface area contributed by atoms with Gasteiger partial charge in [-0.15, -0.1) is 0 Å². The van der Waals surface area contributed by atoms with Crippen molar-refractivity contribution in [3.05, 3.63) is 34.9 Å². The fourth-order valence-corrected chi connectivity index (χ4v) is 3.10. The van der Waals surface area contributed by atoms with E-state index in [1.807, 2.05) is 38.1 Å². The summed E-state index contributed by atoms with van der Waals surface area (Å²) in [6.07, 6.45) is 1.49. The molecule has 1 aromatic carbocycles. The maximum atomic E-state index is 12.9. The molecular formula is C18H26ClNO3. The van der Waals surface area contributed by atoms with Gasteiger partial charge in [-0.2, -0.15) is 0 Å². The lowest BCUT2D eigenvalue weighted by Gasteiger charge is -2.36. The molecule has 4 nitrogen and oxygen atoms in total. The molecule has 0 radical (unpaired) electrons. The summed E-state index contributed by atoms with van der Waals surface area (Å²) >= 11 is 5.97. The van der Waals surface area contributed by atoms with Crippen LogP contribution in [0.5, 0.6) is 0 Å². The van der Waals surface area contributed by atoms with Gasteiger partial charge in [0.25, 0.3) is 0 Å². The Labute approximate surface area is 143 Å². The van der Waals surface area contributed by atoms with Crippen molar-refractivity contribution in [1.82, 2.24) is 5.32 Å². The number of halogens is 1. The molecule has 0 saturated carbocycles. The highest BCUT2D eigenvalue weighted by atomic mass is 35.5. The third-order valence-electron chi connectivity index (χ3n) is 4.67. The summed E-state index contributed by atoms with van der Waals surface area (Å²) in [5, 5.41) is 13.5. The third kappa shape index (κ3) is 4.46. The molecule has 0 aromatic heterocycles. The minimum atomic E-state index is -0.564. The lowest BCUT2D eigenvalue weighted by Crippen LogP contribution is -2.48. The lowest BCUT2D eigenvalue weighted by atomic mass is 9.73. The van der Waals surface area contributed by atoms with Crippen LogP contribution in [0.15, 0.2) is 24.3 Å². The molecule has 1 amide bonds. The van der Waals surface area contributed by atoms with Gasteiger partial charge in [0.15, 0.2) is 0 Å². The average Bonchev–Trinajstić information content (AvgIpc) is 2.55. The summed E-state index contributed by atoms with van der Waals surface area (Å²) in [6, 6.07) is 7.50. The van der Waals surface area contributed by atoms with Crippen LogP contribution in [0.4, 0.5) is 0 Å². The lowest BCUT2D eigenvalue weighted by molar-refractivity contribution is -0.130. The number of ether oxygens (including phenoxy) is 1. The van der Waals surface area contributed by atoms with Crippen LogP contribution in [0, 0.1) is 5.92 Å². The Morgan fingerprint density at radius 2 is 1.91 bits per heavy atom. The summed E-state index contributed by atoms with van der Waals surface area (Å²) in [5.74, 6) is 0.208. The fourth-order valence-electron chi connectivity index (χ4n) is 2.97. The van der Waals surface area contributed by atoms with Gasteiger partial charge >= 0.3 is 0 Å². The van der Waals surface area contributed by atoms with Crippen LogP contribution in [0.2, 0.25) is 5.02 Å². The summed E-state index contributed by atoms with van der Waals surface area (Å²) in [6.45, 7) is 5.57. The quantitative estimate of drug-likeness (QED) is 0.837. The number of hydrogen-bond acceptors (Lipinski definition) is 3. The smallest absolute Gasteiger partial charge is 0.230 e. The van der Waals surface area contributed by atoms with Gasteiger partial charge in [-0.1, -0.05) is 37.6 Å². The first kappa shape index (κ1) is 18.2. The molecule has 1 atom stereocenters. The molecule has 5 heteroatoms. The molecule has 0 aliphatic carbocycles. The predicted molar refractivity (Wildman–Crippen MR) is 91.7 cm³/mol. The predicted octanol–water partition coefficient (Wildman–Crippen LogP) is 2.91. The summed E-state index contributed by atoms with van der Waals surface area (Å²) < 4.78 is 5.45. The maximum Gasteiger partial charge on any atom is 0.230 e. The van der Waals surface area contributed by atoms with Crippen LogP contribution in [0.3, 0.4) is 0 Å². The number of nitrogens with one attached hydrogen (secondary N) is 1. The van der Waals surface area contributed by atoms with Gasteiger partial charge in [0, 0.05) is 24.8 Å². The topological polar surface area (TPSA) is 58.6 Å². The van der Waals surface area contributed by atoms with Crippen molar-refractivity contribution in [2.24, 2.45) is 5.92 Å². The van der Waals surface area contributed by atoms with E-state index in [4.69, 9.17) is 16.3 Å². The zero-order valence-corrected chi connectivity index (χ0v) is 14.6. The highest BCUT2D eigenvalue weighted by Crippen LogP contribution is 2.35. The molecule has 23 heavy (non-hydrogen) atoms. The maximum absolute atomic E-state index is 12.9. The van der Waals surface area contributed by atoms with E-state index < -0.39 is 11.5 Å². The van der Waals surface area contributed by atoms with Gasteiger partial charge < -0.3 is 15.2 Å².